The number of para-hydroxylation sites is 1. The van der Waals surface area contributed by atoms with Gasteiger partial charge in [-0.15, -0.1) is 10.2 Å². The summed E-state index contributed by atoms with van der Waals surface area (Å²) in [4.78, 5) is 26.6. The Morgan fingerprint density at radius 3 is 2.40 bits per heavy atom. The fraction of sp³-hybridized carbons (Fsp3) is 0.259. The molecule has 5 aromatic rings. The molecule has 0 aliphatic carbocycles. The van der Waals surface area contributed by atoms with Crippen LogP contribution in [-0.4, -0.2) is 35.3 Å². The van der Waals surface area contributed by atoms with E-state index in [9.17, 15) is 9.59 Å². The number of aromatic nitrogens is 5. The number of carbonyl (C=O) groups excluding carboxylic acids is 1. The van der Waals surface area contributed by atoms with E-state index in [1.807, 2.05) is 79.8 Å². The van der Waals surface area contributed by atoms with Gasteiger partial charge >= 0.3 is 0 Å². The molecule has 178 valence electrons. The van der Waals surface area contributed by atoms with Crippen LogP contribution in [0.3, 0.4) is 0 Å². The number of nitrogens with zero attached hydrogens (tertiary/aromatic N) is 5. The highest BCUT2D eigenvalue weighted by molar-refractivity contribution is 7.99. The molecule has 0 N–H and O–H groups in total. The van der Waals surface area contributed by atoms with Gasteiger partial charge in [-0.3, -0.25) is 14.0 Å². The second-order valence-corrected chi connectivity index (χ2v) is 10.0. The lowest BCUT2D eigenvalue weighted by Crippen LogP contribution is -2.21. The summed E-state index contributed by atoms with van der Waals surface area (Å²) in [6, 6.07) is 17.4. The Morgan fingerprint density at radius 1 is 1.00 bits per heavy atom. The third-order valence-corrected chi connectivity index (χ3v) is 7.25. The molecule has 0 spiro atoms. The van der Waals surface area contributed by atoms with Gasteiger partial charge in [0.15, 0.2) is 10.9 Å². The summed E-state index contributed by atoms with van der Waals surface area (Å²) in [5.74, 6) is 0.689. The molecule has 2 aromatic carbocycles. The molecule has 35 heavy (non-hydrogen) atoms. The second kappa shape index (κ2) is 8.85. The van der Waals surface area contributed by atoms with E-state index in [1.54, 1.807) is 4.57 Å². The molecule has 3 aromatic heterocycles. The van der Waals surface area contributed by atoms with Gasteiger partial charge in [0.05, 0.1) is 22.3 Å². The van der Waals surface area contributed by atoms with Crippen molar-refractivity contribution in [3.8, 4) is 5.69 Å². The van der Waals surface area contributed by atoms with Gasteiger partial charge in [0.2, 0.25) is 5.78 Å². The minimum absolute atomic E-state index is 0.0444. The monoisotopic (exact) mass is 485 g/mol. The van der Waals surface area contributed by atoms with Crippen LogP contribution in [-0.2, 0) is 0 Å². The SMILES string of the molecule is Cc1ccc(-n2c(=O)c3ccccc3n3c(SCC(=O)c4cc(C)n(C(C)C)c4C)nnc23)cc1. The number of aryl methyl sites for hydroxylation is 2. The summed E-state index contributed by atoms with van der Waals surface area (Å²) in [6.07, 6.45) is 0. The number of benzene rings is 2. The maximum absolute atomic E-state index is 13.4. The molecule has 0 bridgehead atoms. The number of rotatable bonds is 6. The molecule has 0 aliphatic rings. The topological polar surface area (TPSA) is 74.2 Å². The van der Waals surface area contributed by atoms with Crippen molar-refractivity contribution in [2.24, 2.45) is 0 Å². The zero-order valence-corrected chi connectivity index (χ0v) is 21.3. The lowest BCUT2D eigenvalue weighted by Gasteiger charge is -2.13. The van der Waals surface area contributed by atoms with Crippen LogP contribution in [0.2, 0.25) is 0 Å². The van der Waals surface area contributed by atoms with Gasteiger partial charge in [0.25, 0.3) is 5.56 Å². The maximum Gasteiger partial charge on any atom is 0.267 e. The molecule has 7 nitrogen and oxygen atoms in total. The largest absolute Gasteiger partial charge is 0.346 e. The number of hydrogen-bond acceptors (Lipinski definition) is 5. The highest BCUT2D eigenvalue weighted by Crippen LogP contribution is 2.26. The average Bonchev–Trinajstić information content (AvgIpc) is 3.39. The van der Waals surface area contributed by atoms with Crippen LogP contribution in [0.4, 0.5) is 0 Å². The van der Waals surface area contributed by atoms with E-state index in [1.165, 1.54) is 11.8 Å². The van der Waals surface area contributed by atoms with Gasteiger partial charge in [-0.1, -0.05) is 41.6 Å². The van der Waals surface area contributed by atoms with E-state index in [0.717, 1.165) is 28.2 Å². The van der Waals surface area contributed by atoms with Crippen LogP contribution >= 0.6 is 11.8 Å². The quantitative estimate of drug-likeness (QED) is 0.241. The summed E-state index contributed by atoms with van der Waals surface area (Å²) in [5, 5.41) is 9.90. The summed E-state index contributed by atoms with van der Waals surface area (Å²) < 4.78 is 5.63. The lowest BCUT2D eigenvalue weighted by molar-refractivity contribution is 0.102. The molecule has 5 rings (SSSR count). The van der Waals surface area contributed by atoms with Crippen molar-refractivity contribution >= 4 is 34.2 Å². The van der Waals surface area contributed by atoms with Crippen LogP contribution in [0, 0.1) is 20.8 Å². The minimum atomic E-state index is -0.155. The number of hydrogen-bond donors (Lipinski definition) is 0. The molecule has 8 heteroatoms. The Hall–Kier alpha value is -3.65. The summed E-state index contributed by atoms with van der Waals surface area (Å²) in [5.41, 5.74) is 5.18. The highest BCUT2D eigenvalue weighted by atomic mass is 32.2. The molecule has 0 unspecified atom stereocenters. The molecule has 0 atom stereocenters. The first-order valence-electron chi connectivity index (χ1n) is 11.6. The third kappa shape index (κ3) is 3.87. The van der Waals surface area contributed by atoms with Crippen molar-refractivity contribution in [1.82, 2.24) is 23.7 Å². The van der Waals surface area contributed by atoms with Crippen molar-refractivity contribution in [1.29, 1.82) is 0 Å². The lowest BCUT2D eigenvalue weighted by atomic mass is 10.2. The maximum atomic E-state index is 13.4. The fourth-order valence-corrected chi connectivity index (χ4v) is 5.58. The van der Waals surface area contributed by atoms with Gasteiger partial charge in [0.1, 0.15) is 0 Å². The fourth-order valence-electron chi connectivity index (χ4n) is 4.76. The molecular formula is C27H27N5O2S. The van der Waals surface area contributed by atoms with Crippen LogP contribution in [0.15, 0.2) is 64.5 Å². The van der Waals surface area contributed by atoms with Crippen molar-refractivity contribution in [3.05, 3.63) is 87.5 Å². The molecule has 0 saturated heterocycles. The normalized spacial score (nSPS) is 11.7. The Balaban J connectivity index is 1.59. The molecule has 0 aliphatic heterocycles. The van der Waals surface area contributed by atoms with Gasteiger partial charge < -0.3 is 4.57 Å². The van der Waals surface area contributed by atoms with Crippen LogP contribution in [0.1, 0.15) is 47.2 Å². The van der Waals surface area contributed by atoms with Gasteiger partial charge in [0, 0.05) is 23.0 Å². The number of fused-ring (bicyclic) bond motifs is 3. The molecular weight excluding hydrogens is 458 g/mol. The van der Waals surface area contributed by atoms with Gasteiger partial charge in [-0.05, 0) is 65.0 Å². The first kappa shape index (κ1) is 23.1. The second-order valence-electron chi connectivity index (χ2n) is 9.07. The molecule has 3 heterocycles. The van der Waals surface area contributed by atoms with Gasteiger partial charge in [-0.2, -0.15) is 0 Å². The van der Waals surface area contributed by atoms with Crippen molar-refractivity contribution < 1.29 is 4.79 Å². The third-order valence-electron chi connectivity index (χ3n) is 6.32. The van der Waals surface area contributed by atoms with E-state index >= 15 is 0 Å². The van der Waals surface area contributed by atoms with E-state index in [0.29, 0.717) is 21.8 Å². The first-order valence-corrected chi connectivity index (χ1v) is 12.6. The average molecular weight is 486 g/mol. The van der Waals surface area contributed by atoms with Gasteiger partial charge in [-0.25, -0.2) is 4.57 Å². The molecule has 0 fully saturated rings. The number of ketones is 1. The van der Waals surface area contributed by atoms with E-state index in [2.05, 4.69) is 28.6 Å². The first-order chi connectivity index (χ1) is 16.8. The zero-order chi connectivity index (χ0) is 24.9. The zero-order valence-electron chi connectivity index (χ0n) is 20.4. The van der Waals surface area contributed by atoms with E-state index in [-0.39, 0.29) is 23.1 Å². The van der Waals surface area contributed by atoms with E-state index in [4.69, 9.17) is 0 Å². The Kier molecular flexibility index (Phi) is 5.84. The molecule has 0 radical (unpaired) electrons. The van der Waals surface area contributed by atoms with Crippen molar-refractivity contribution in [2.45, 2.75) is 45.8 Å². The number of thioether (sulfide) groups is 1. The summed E-state index contributed by atoms with van der Waals surface area (Å²) >= 11 is 1.33. The van der Waals surface area contributed by atoms with Crippen LogP contribution in [0.5, 0.6) is 0 Å². The predicted molar refractivity (Wildman–Crippen MR) is 140 cm³/mol. The smallest absolute Gasteiger partial charge is 0.267 e. The van der Waals surface area contributed by atoms with Crippen LogP contribution < -0.4 is 5.56 Å². The predicted octanol–water partition coefficient (Wildman–Crippen LogP) is 5.32. The minimum Gasteiger partial charge on any atom is -0.346 e. The Morgan fingerprint density at radius 2 is 1.71 bits per heavy atom. The van der Waals surface area contributed by atoms with Crippen LogP contribution in [0.25, 0.3) is 22.4 Å². The van der Waals surface area contributed by atoms with Crippen molar-refractivity contribution in [2.75, 3.05) is 5.75 Å². The number of Topliss-reactive ketones (excluding diaryl/α,β-unsaturated/α-hetero) is 1. The number of carbonyl (C=O) groups is 1. The molecule has 0 saturated carbocycles. The summed E-state index contributed by atoms with van der Waals surface area (Å²) in [6.45, 7) is 10.3. The molecule has 0 amide bonds. The standard InChI is InChI=1S/C27H27N5O2S/c1-16(2)30-18(4)14-22(19(30)5)24(33)15-35-27-29-28-26-31(20-12-10-17(3)11-13-20)25(34)21-8-6-7-9-23(21)32(26)27/h6-14,16H,15H2,1-5H3. The summed E-state index contributed by atoms with van der Waals surface area (Å²) in [7, 11) is 0. The Labute approximate surface area is 207 Å². The van der Waals surface area contributed by atoms with E-state index < -0.39 is 0 Å². The highest BCUT2D eigenvalue weighted by Gasteiger charge is 2.21. The van der Waals surface area contributed by atoms with Crippen molar-refractivity contribution in [3.63, 3.8) is 0 Å². The Bertz CT molecular complexity index is 1640.